The van der Waals surface area contributed by atoms with E-state index in [1.807, 2.05) is 6.92 Å². The molecule has 0 saturated carbocycles. The smallest absolute Gasteiger partial charge is 0.416 e. The number of anilines is 1. The van der Waals surface area contributed by atoms with Gasteiger partial charge >= 0.3 is 12.4 Å². The molecule has 0 spiro atoms. The molecule has 0 aliphatic heterocycles. The molecule has 0 aliphatic carbocycles. The van der Waals surface area contributed by atoms with Gasteiger partial charge in [-0.2, -0.15) is 26.3 Å². The van der Waals surface area contributed by atoms with E-state index < -0.39 is 48.5 Å². The second-order valence-corrected chi connectivity index (χ2v) is 8.35. The maximum atomic E-state index is 13.5. The van der Waals surface area contributed by atoms with Crippen LogP contribution >= 0.6 is 11.6 Å². The van der Waals surface area contributed by atoms with Gasteiger partial charge in [0.25, 0.3) is 0 Å². The first-order valence-corrected chi connectivity index (χ1v) is 11.1. The number of hydrogen-bond acceptors (Lipinski definition) is 3. The average molecular weight is 536 g/mol. The molecule has 1 unspecified atom stereocenters. The number of ether oxygens (including phenoxy) is 1. The minimum Gasteiger partial charge on any atom is -0.457 e. The Balaban J connectivity index is 1.98. The lowest BCUT2D eigenvalue weighted by Crippen LogP contribution is -2.41. The van der Waals surface area contributed by atoms with Crippen molar-refractivity contribution in [2.45, 2.75) is 38.3 Å². The normalized spacial score (nSPS) is 12.9. The second-order valence-electron chi connectivity index (χ2n) is 7.94. The molecule has 3 rings (SSSR count). The SMILES string of the molecule is CCc1cc(Oc2cccc(N(Cc3ccc(F)cc3C(F)(F)F)CC(O)C(F)(F)F)c2)ccc1Cl. The molecule has 3 aromatic rings. The van der Waals surface area contributed by atoms with Gasteiger partial charge in [0.15, 0.2) is 6.10 Å². The molecule has 1 atom stereocenters. The zero-order chi connectivity index (χ0) is 26.7. The summed E-state index contributed by atoms with van der Waals surface area (Å²) in [4.78, 5) is 0.923. The molecule has 0 aliphatic rings. The topological polar surface area (TPSA) is 32.7 Å². The molecule has 0 bridgehead atoms. The van der Waals surface area contributed by atoms with Crippen molar-refractivity contribution >= 4 is 17.3 Å². The predicted molar refractivity (Wildman–Crippen MR) is 122 cm³/mol. The molecule has 36 heavy (non-hydrogen) atoms. The van der Waals surface area contributed by atoms with Gasteiger partial charge in [0.1, 0.15) is 17.3 Å². The summed E-state index contributed by atoms with van der Waals surface area (Å²) in [7, 11) is 0. The number of halogens is 8. The largest absolute Gasteiger partial charge is 0.457 e. The second kappa shape index (κ2) is 11.0. The monoisotopic (exact) mass is 535 g/mol. The van der Waals surface area contributed by atoms with Crippen LogP contribution < -0.4 is 9.64 Å². The first-order valence-electron chi connectivity index (χ1n) is 10.7. The van der Waals surface area contributed by atoms with Gasteiger partial charge in [-0.05, 0) is 60.0 Å². The number of alkyl halides is 6. The van der Waals surface area contributed by atoms with E-state index in [-0.39, 0.29) is 17.5 Å². The summed E-state index contributed by atoms with van der Waals surface area (Å²) < 4.78 is 99.1. The highest BCUT2D eigenvalue weighted by Crippen LogP contribution is 2.35. The molecule has 0 amide bonds. The van der Waals surface area contributed by atoms with E-state index in [0.717, 1.165) is 22.6 Å². The zero-order valence-corrected chi connectivity index (χ0v) is 19.6. The third-order valence-corrected chi connectivity index (χ3v) is 5.69. The van der Waals surface area contributed by atoms with Crippen LogP contribution in [0, 0.1) is 5.82 Å². The quantitative estimate of drug-likeness (QED) is 0.299. The predicted octanol–water partition coefficient (Wildman–Crippen LogP) is 7.78. The minimum absolute atomic E-state index is 0.0536. The van der Waals surface area contributed by atoms with Crippen molar-refractivity contribution in [3.63, 3.8) is 0 Å². The van der Waals surface area contributed by atoms with E-state index in [4.69, 9.17) is 16.3 Å². The van der Waals surface area contributed by atoms with Crippen molar-refractivity contribution in [3.8, 4) is 11.5 Å². The maximum Gasteiger partial charge on any atom is 0.416 e. The van der Waals surface area contributed by atoms with Gasteiger partial charge in [-0.1, -0.05) is 30.7 Å². The third-order valence-electron chi connectivity index (χ3n) is 5.33. The van der Waals surface area contributed by atoms with Gasteiger partial charge in [0.05, 0.1) is 12.1 Å². The van der Waals surface area contributed by atoms with Crippen molar-refractivity contribution in [2.24, 2.45) is 0 Å². The Morgan fingerprint density at radius 1 is 0.917 bits per heavy atom. The molecule has 1 N–H and O–H groups in total. The molecule has 11 heteroatoms. The lowest BCUT2D eigenvalue weighted by atomic mass is 10.1. The Morgan fingerprint density at radius 3 is 2.25 bits per heavy atom. The highest BCUT2D eigenvalue weighted by atomic mass is 35.5. The summed E-state index contributed by atoms with van der Waals surface area (Å²) in [5.74, 6) is -0.551. The number of nitrogens with zero attached hydrogens (tertiary/aromatic N) is 1. The number of aliphatic hydroxyl groups excluding tert-OH is 1. The lowest BCUT2D eigenvalue weighted by molar-refractivity contribution is -0.200. The summed E-state index contributed by atoms with van der Waals surface area (Å²) in [6, 6.07) is 12.5. The van der Waals surface area contributed by atoms with Crippen LogP contribution in [0.2, 0.25) is 5.02 Å². The number of aryl methyl sites for hydroxylation is 1. The van der Waals surface area contributed by atoms with E-state index >= 15 is 0 Å². The number of rotatable bonds is 8. The Kier molecular flexibility index (Phi) is 8.40. The van der Waals surface area contributed by atoms with Crippen molar-refractivity contribution in [1.82, 2.24) is 0 Å². The van der Waals surface area contributed by atoms with Crippen LogP contribution in [0.5, 0.6) is 11.5 Å². The zero-order valence-electron chi connectivity index (χ0n) is 18.8. The van der Waals surface area contributed by atoms with E-state index in [1.54, 1.807) is 18.2 Å². The van der Waals surface area contributed by atoms with E-state index in [1.165, 1.54) is 24.3 Å². The maximum absolute atomic E-state index is 13.5. The summed E-state index contributed by atoms with van der Waals surface area (Å²) in [5.41, 5.74) is -0.932. The third kappa shape index (κ3) is 7.04. The van der Waals surface area contributed by atoms with Crippen LogP contribution in [0.25, 0.3) is 0 Å². The van der Waals surface area contributed by atoms with E-state index in [2.05, 4.69) is 0 Å². The standard InChI is InChI=1S/C25H21ClF7NO2/c1-2-15-10-20(8-9-22(15)26)36-19-5-3-4-18(12-19)34(14-23(35)25(31,32)33)13-16-6-7-17(27)11-21(16)24(28,29)30/h3-12,23,35H,2,13-14H2,1H3. The minimum atomic E-state index is -5.01. The van der Waals surface area contributed by atoms with Crippen LogP contribution in [-0.2, 0) is 19.1 Å². The van der Waals surface area contributed by atoms with Crippen molar-refractivity contribution < 1.29 is 40.6 Å². The van der Waals surface area contributed by atoms with Gasteiger partial charge in [0.2, 0.25) is 0 Å². The van der Waals surface area contributed by atoms with Gasteiger partial charge < -0.3 is 14.7 Å². The van der Waals surface area contributed by atoms with Gasteiger partial charge in [-0.15, -0.1) is 0 Å². The number of hydrogen-bond donors (Lipinski definition) is 1. The Labute approximate surface area is 207 Å². The molecule has 3 nitrogen and oxygen atoms in total. The van der Waals surface area contributed by atoms with Crippen molar-refractivity contribution in [1.29, 1.82) is 0 Å². The van der Waals surface area contributed by atoms with Crippen molar-refractivity contribution in [3.05, 3.63) is 88.2 Å². The Morgan fingerprint density at radius 2 is 1.61 bits per heavy atom. The number of benzene rings is 3. The van der Waals surface area contributed by atoms with Crippen LogP contribution in [0.3, 0.4) is 0 Å². The fourth-order valence-corrected chi connectivity index (χ4v) is 3.75. The molecular formula is C25H21ClF7NO2. The fourth-order valence-electron chi connectivity index (χ4n) is 3.49. The lowest BCUT2D eigenvalue weighted by Gasteiger charge is -2.29. The van der Waals surface area contributed by atoms with Crippen LogP contribution in [0.4, 0.5) is 36.4 Å². The molecule has 0 saturated heterocycles. The highest BCUT2D eigenvalue weighted by molar-refractivity contribution is 6.31. The number of aliphatic hydroxyl groups is 1. The van der Waals surface area contributed by atoms with Crippen LogP contribution in [0.15, 0.2) is 60.7 Å². The van der Waals surface area contributed by atoms with E-state index in [0.29, 0.717) is 17.2 Å². The van der Waals surface area contributed by atoms with Gasteiger partial charge in [-0.25, -0.2) is 4.39 Å². The van der Waals surface area contributed by atoms with Crippen LogP contribution in [-0.4, -0.2) is 23.9 Å². The Bertz CT molecular complexity index is 1200. The first kappa shape index (κ1) is 27.6. The fraction of sp³-hybridized carbons (Fsp3) is 0.280. The Hall–Kier alpha value is -2.98. The molecule has 3 aromatic carbocycles. The molecule has 0 heterocycles. The molecule has 0 fully saturated rings. The van der Waals surface area contributed by atoms with Gasteiger partial charge in [0, 0.05) is 23.3 Å². The first-order chi connectivity index (χ1) is 16.8. The highest BCUT2D eigenvalue weighted by Gasteiger charge is 2.40. The van der Waals surface area contributed by atoms with Gasteiger partial charge in [-0.3, -0.25) is 0 Å². The summed E-state index contributed by atoms with van der Waals surface area (Å²) in [6.45, 7) is 0.134. The molecule has 0 aromatic heterocycles. The molecule has 194 valence electrons. The summed E-state index contributed by atoms with van der Waals surface area (Å²) in [5, 5.41) is 10.2. The van der Waals surface area contributed by atoms with E-state index in [9.17, 15) is 35.8 Å². The summed E-state index contributed by atoms with van der Waals surface area (Å²) >= 11 is 6.10. The molecule has 0 radical (unpaired) electrons. The average Bonchev–Trinajstić information content (AvgIpc) is 2.79. The van der Waals surface area contributed by atoms with Crippen molar-refractivity contribution in [2.75, 3.05) is 11.4 Å². The molecular weight excluding hydrogens is 515 g/mol. The van der Waals surface area contributed by atoms with Crippen LogP contribution in [0.1, 0.15) is 23.6 Å². The summed E-state index contributed by atoms with van der Waals surface area (Å²) in [6.07, 6.45) is -12.2.